The Balaban J connectivity index is 1.34. The van der Waals surface area contributed by atoms with Crippen molar-refractivity contribution in [2.24, 2.45) is 4.99 Å². The molecule has 2 aromatic rings. The van der Waals surface area contributed by atoms with Crippen LogP contribution >= 0.6 is 0 Å². The number of allylic oxidation sites excluding steroid dienone is 6. The molecule has 17 nitrogen and oxygen atoms in total. The minimum Gasteiger partial charge on any atom is -0.748 e. The predicted octanol–water partition coefficient (Wildman–Crippen LogP) is 3.94. The van der Waals surface area contributed by atoms with Gasteiger partial charge in [-0.2, -0.15) is 8.42 Å². The highest BCUT2D eigenvalue weighted by Gasteiger charge is 2.43. The van der Waals surface area contributed by atoms with E-state index in [1.165, 1.54) is 25.4 Å². The Morgan fingerprint density at radius 2 is 1.66 bits per heavy atom. The maximum atomic E-state index is 12.7. The first-order valence-electron chi connectivity index (χ1n) is 18.6. The molecule has 0 unspecified atom stereocenters. The molecule has 0 saturated carbocycles. The zero-order valence-electron chi connectivity index (χ0n) is 32.9. The van der Waals surface area contributed by atoms with Crippen molar-refractivity contribution in [2.75, 3.05) is 24.2 Å². The summed E-state index contributed by atoms with van der Waals surface area (Å²) in [4.78, 5) is 60.1. The third-order valence-electron chi connectivity index (χ3n) is 10.3. The van der Waals surface area contributed by atoms with Crippen molar-refractivity contribution in [3.8, 4) is 0 Å². The van der Waals surface area contributed by atoms with Gasteiger partial charge in [-0.25, -0.2) is 22.8 Å². The maximum absolute atomic E-state index is 12.7. The van der Waals surface area contributed by atoms with Crippen LogP contribution in [-0.4, -0.2) is 90.0 Å². The number of hydrogen-bond donors (Lipinski definition) is 2. The first-order chi connectivity index (χ1) is 27.0. The van der Waals surface area contributed by atoms with Crippen LogP contribution in [0, 0.1) is 0 Å². The van der Waals surface area contributed by atoms with E-state index in [0.29, 0.717) is 58.6 Å². The number of anilines is 1. The Morgan fingerprint density at radius 3 is 2.29 bits per heavy atom. The highest BCUT2D eigenvalue weighted by molar-refractivity contribution is 7.86. The van der Waals surface area contributed by atoms with Crippen LogP contribution in [-0.2, 0) is 56.8 Å². The molecule has 1 saturated heterocycles. The molecule has 2 N–H and O–H groups in total. The Bertz CT molecular complexity index is 2350. The van der Waals surface area contributed by atoms with E-state index in [9.17, 15) is 50.3 Å². The van der Waals surface area contributed by atoms with E-state index in [-0.39, 0.29) is 42.7 Å². The molecule has 3 aliphatic heterocycles. The SMILES string of the molecule is CN(O)C(=O)c1cc2c([n+](CCCS(=O)(=O)[O-])c1)N=C(/C=C/C=C/C=C1/N(CCCCCC(=O)ON3C(=O)CCC3=O)c3ccc(S(=O)(=O)O)cc3C1(C)C)C2(C)C. The third kappa shape index (κ3) is 9.78. The van der Waals surface area contributed by atoms with E-state index in [1.54, 1.807) is 34.9 Å². The fourth-order valence-corrected chi connectivity index (χ4v) is 8.17. The van der Waals surface area contributed by atoms with Crippen molar-refractivity contribution in [1.82, 2.24) is 10.1 Å². The molecule has 0 radical (unpaired) electrons. The maximum Gasteiger partial charge on any atom is 0.333 e. The molecule has 0 bridgehead atoms. The monoisotopic (exact) mass is 841 g/mol. The third-order valence-corrected chi connectivity index (χ3v) is 12.0. The number of fused-ring (bicyclic) bond motifs is 2. The molecule has 0 spiro atoms. The lowest BCUT2D eigenvalue weighted by Crippen LogP contribution is -2.38. The van der Waals surface area contributed by atoms with E-state index in [1.807, 2.05) is 39.8 Å². The molecule has 5 rings (SSSR count). The summed E-state index contributed by atoms with van der Waals surface area (Å²) in [5.74, 6) is -2.56. The number of aryl methyl sites for hydroxylation is 1. The van der Waals surface area contributed by atoms with Gasteiger partial charge in [-0.3, -0.25) is 24.1 Å². The van der Waals surface area contributed by atoms with E-state index in [4.69, 9.17) is 9.83 Å². The number of benzene rings is 1. The average Bonchev–Trinajstić information content (AvgIpc) is 3.66. The van der Waals surface area contributed by atoms with Crippen LogP contribution in [0.1, 0.15) is 94.1 Å². The highest BCUT2D eigenvalue weighted by atomic mass is 32.2. The minimum absolute atomic E-state index is 0.00680. The van der Waals surface area contributed by atoms with Gasteiger partial charge in [0.25, 0.3) is 27.8 Å². The lowest BCUT2D eigenvalue weighted by molar-refractivity contribution is -0.684. The number of carbonyl (C=O) groups is 4. The zero-order valence-corrected chi connectivity index (χ0v) is 34.5. The van der Waals surface area contributed by atoms with Crippen molar-refractivity contribution in [1.29, 1.82) is 0 Å². The highest BCUT2D eigenvalue weighted by Crippen LogP contribution is 2.48. The molecule has 4 heterocycles. The molecular formula is C39H47N5O12S2. The van der Waals surface area contributed by atoms with Gasteiger partial charge >= 0.3 is 11.8 Å². The number of aromatic nitrogens is 1. The second-order valence-corrected chi connectivity index (χ2v) is 18.3. The van der Waals surface area contributed by atoms with Gasteiger partial charge < -0.3 is 14.3 Å². The Kier molecular flexibility index (Phi) is 12.9. The number of unbranched alkanes of at least 4 members (excludes halogenated alkanes) is 2. The molecule has 1 aromatic heterocycles. The standard InChI is InChI=1S/C39H47N5O12S2/c1-38(2)29-23-26(37(48)41(5)49)25-42(20-12-22-57(50,51)52)36(29)40-31(38)13-8-6-9-14-32-39(3,4)28-24-27(58(53,54)55)16-17-30(28)43(32)21-11-7-10-15-35(47)56-44-33(45)18-19-34(44)46/h6,8-9,13-14,16-17,23-25,49H,7,10-12,15,18-22H2,1-5H3,(H-,50,51,52,53,54,55). The number of carbonyl (C=O) groups excluding carboxylic acids is 4. The largest absolute Gasteiger partial charge is 0.748 e. The van der Waals surface area contributed by atoms with E-state index in [2.05, 4.69) is 4.90 Å². The zero-order chi connectivity index (χ0) is 42.8. The molecule has 1 aromatic carbocycles. The average molecular weight is 842 g/mol. The first kappa shape index (κ1) is 44.0. The second kappa shape index (κ2) is 17.0. The van der Waals surface area contributed by atoms with Crippen LogP contribution in [0.25, 0.3) is 0 Å². The molecular weight excluding hydrogens is 795 g/mol. The van der Waals surface area contributed by atoms with Crippen molar-refractivity contribution < 1.29 is 59.7 Å². The summed E-state index contributed by atoms with van der Waals surface area (Å²) >= 11 is 0. The lowest BCUT2D eigenvalue weighted by atomic mass is 9.81. The predicted molar refractivity (Wildman–Crippen MR) is 208 cm³/mol. The molecule has 0 atom stereocenters. The Hall–Kier alpha value is -5.08. The normalized spacial score (nSPS) is 18.1. The number of imide groups is 1. The number of rotatable bonds is 16. The van der Waals surface area contributed by atoms with Crippen LogP contribution in [0.4, 0.5) is 11.5 Å². The van der Waals surface area contributed by atoms with Crippen LogP contribution in [0.2, 0.25) is 0 Å². The molecule has 1 fully saturated rings. The summed E-state index contributed by atoms with van der Waals surface area (Å²) in [6, 6.07) is 6.07. The van der Waals surface area contributed by atoms with Gasteiger partial charge in [0.15, 0.2) is 5.71 Å². The quantitative estimate of drug-likeness (QED) is 0.0464. The van der Waals surface area contributed by atoms with Crippen LogP contribution in [0.5, 0.6) is 0 Å². The van der Waals surface area contributed by atoms with Gasteiger partial charge in [0.05, 0.1) is 38.1 Å². The molecule has 3 aliphatic rings. The van der Waals surface area contributed by atoms with Gasteiger partial charge in [0, 0.05) is 55.4 Å². The number of pyridine rings is 1. The van der Waals surface area contributed by atoms with Crippen molar-refractivity contribution in [2.45, 2.75) is 94.9 Å². The van der Waals surface area contributed by atoms with Crippen molar-refractivity contribution in [3.63, 3.8) is 0 Å². The number of aliphatic imine (C=N–C) groups is 1. The topological polar surface area (TPSA) is 235 Å². The minimum atomic E-state index is -4.47. The van der Waals surface area contributed by atoms with Gasteiger partial charge in [0.2, 0.25) is 0 Å². The molecule has 0 aliphatic carbocycles. The summed E-state index contributed by atoms with van der Waals surface area (Å²) in [6.07, 6.45) is 12.2. The lowest BCUT2D eigenvalue weighted by Gasteiger charge is -2.27. The van der Waals surface area contributed by atoms with Crippen LogP contribution < -0.4 is 9.47 Å². The molecule has 19 heteroatoms. The van der Waals surface area contributed by atoms with Crippen LogP contribution in [0.3, 0.4) is 0 Å². The number of amides is 3. The first-order valence-corrected chi connectivity index (χ1v) is 21.6. The fraction of sp³-hybridized carbons (Fsp3) is 0.436. The molecule has 58 heavy (non-hydrogen) atoms. The fourth-order valence-electron chi connectivity index (χ4n) is 7.18. The summed E-state index contributed by atoms with van der Waals surface area (Å²) in [6.45, 7) is 8.28. The second-order valence-electron chi connectivity index (χ2n) is 15.3. The van der Waals surface area contributed by atoms with Gasteiger partial charge in [-0.1, -0.05) is 38.5 Å². The number of hydroxylamine groups is 4. The number of hydrogen-bond acceptors (Lipinski definition) is 13. The van der Waals surface area contributed by atoms with E-state index in [0.717, 1.165) is 11.4 Å². The van der Waals surface area contributed by atoms with Crippen molar-refractivity contribution in [3.05, 3.63) is 83.2 Å². The summed E-state index contributed by atoms with van der Waals surface area (Å²) in [7, 11) is -7.75. The smallest absolute Gasteiger partial charge is 0.333 e. The molecule has 312 valence electrons. The van der Waals surface area contributed by atoms with Gasteiger partial charge in [0.1, 0.15) is 6.20 Å². The van der Waals surface area contributed by atoms with E-state index >= 15 is 0 Å². The number of nitrogens with zero attached hydrogens (tertiary/aromatic N) is 5. The summed E-state index contributed by atoms with van der Waals surface area (Å²) < 4.78 is 69.3. The van der Waals surface area contributed by atoms with Gasteiger partial charge in [-0.05, 0) is 80.1 Å². The Labute approximate surface area is 337 Å². The molecule has 3 amide bonds. The summed E-state index contributed by atoms with van der Waals surface area (Å²) in [5.41, 5.74) is 2.30. The summed E-state index contributed by atoms with van der Waals surface area (Å²) in [5, 5.41) is 10.8. The van der Waals surface area contributed by atoms with E-state index < -0.39 is 60.5 Å². The Morgan fingerprint density at radius 1 is 0.966 bits per heavy atom. The van der Waals surface area contributed by atoms with Gasteiger partial charge in [-0.15, -0.1) is 5.06 Å². The van der Waals surface area contributed by atoms with Crippen molar-refractivity contribution >= 4 is 61.1 Å². The van der Waals surface area contributed by atoms with Crippen LogP contribution in [0.15, 0.2) is 76.4 Å².